The Morgan fingerprint density at radius 1 is 1.47 bits per heavy atom. The second-order valence-electron chi connectivity index (χ2n) is 2.75. The van der Waals surface area contributed by atoms with Gasteiger partial charge in [-0.1, -0.05) is 6.08 Å². The summed E-state index contributed by atoms with van der Waals surface area (Å²) in [7, 11) is 0. The van der Waals surface area contributed by atoms with Crippen molar-refractivity contribution in [2.45, 2.75) is 0 Å². The van der Waals surface area contributed by atoms with Crippen molar-refractivity contribution in [1.82, 2.24) is 5.32 Å². The molecule has 5 heteroatoms. The fourth-order valence-electron chi connectivity index (χ4n) is 0.925. The molecule has 0 atom stereocenters. The van der Waals surface area contributed by atoms with Crippen LogP contribution in [0.1, 0.15) is 0 Å². The van der Waals surface area contributed by atoms with Gasteiger partial charge in [-0.15, -0.1) is 6.58 Å². The molecule has 0 unspecified atom stereocenters. The maximum Gasteiger partial charge on any atom is 0.171 e. The molecule has 2 nitrogen and oxygen atoms in total. The molecule has 0 fully saturated rings. The molecule has 1 aromatic carbocycles. The summed E-state index contributed by atoms with van der Waals surface area (Å²) in [6, 6.07) is 3.12. The molecule has 0 aromatic heterocycles. The number of thiocarbonyl (C=S) groups is 1. The summed E-state index contributed by atoms with van der Waals surface area (Å²) in [6.45, 7) is 3.95. The molecule has 0 amide bonds. The van der Waals surface area contributed by atoms with Crippen LogP contribution in [0.15, 0.2) is 30.9 Å². The van der Waals surface area contributed by atoms with E-state index in [1.165, 1.54) is 0 Å². The summed E-state index contributed by atoms with van der Waals surface area (Å²) in [6.07, 6.45) is 1.61. The SMILES string of the molecule is C=CCNC(=S)Nc1cc(F)ccc1F. The van der Waals surface area contributed by atoms with Crippen LogP contribution in [-0.2, 0) is 0 Å². The molecule has 80 valence electrons. The van der Waals surface area contributed by atoms with E-state index in [1.54, 1.807) is 6.08 Å². The minimum absolute atomic E-state index is 0.0107. The van der Waals surface area contributed by atoms with Gasteiger partial charge in [-0.25, -0.2) is 8.78 Å². The average molecular weight is 228 g/mol. The summed E-state index contributed by atoms with van der Waals surface area (Å²) < 4.78 is 25.9. The topological polar surface area (TPSA) is 24.1 Å². The van der Waals surface area contributed by atoms with Crippen LogP contribution in [0.4, 0.5) is 14.5 Å². The van der Waals surface area contributed by atoms with Gasteiger partial charge in [0.05, 0.1) is 5.69 Å². The summed E-state index contributed by atoms with van der Waals surface area (Å²) >= 11 is 4.85. The molecule has 0 radical (unpaired) electrons. The lowest BCUT2D eigenvalue weighted by molar-refractivity contribution is 0.604. The Labute approximate surface area is 92.0 Å². The van der Waals surface area contributed by atoms with E-state index in [9.17, 15) is 8.78 Å². The van der Waals surface area contributed by atoms with E-state index < -0.39 is 11.6 Å². The van der Waals surface area contributed by atoms with Gasteiger partial charge in [-0.3, -0.25) is 0 Å². The third kappa shape index (κ3) is 3.63. The van der Waals surface area contributed by atoms with Crippen molar-refractivity contribution < 1.29 is 8.78 Å². The highest BCUT2D eigenvalue weighted by Gasteiger charge is 2.04. The van der Waals surface area contributed by atoms with Gasteiger partial charge >= 0.3 is 0 Å². The monoisotopic (exact) mass is 228 g/mol. The summed E-state index contributed by atoms with van der Waals surface area (Å²) in [4.78, 5) is 0. The van der Waals surface area contributed by atoms with Crippen LogP contribution in [-0.4, -0.2) is 11.7 Å². The van der Waals surface area contributed by atoms with Gasteiger partial charge in [0.15, 0.2) is 5.11 Å². The molecule has 0 aliphatic carbocycles. The lowest BCUT2D eigenvalue weighted by Crippen LogP contribution is -2.28. The van der Waals surface area contributed by atoms with Crippen LogP contribution in [0.25, 0.3) is 0 Å². The normalized spacial score (nSPS) is 9.47. The third-order valence-corrected chi connectivity index (χ3v) is 1.83. The first-order valence-electron chi connectivity index (χ1n) is 4.24. The zero-order valence-electron chi connectivity index (χ0n) is 7.89. The minimum Gasteiger partial charge on any atom is -0.359 e. The zero-order chi connectivity index (χ0) is 11.3. The lowest BCUT2D eigenvalue weighted by atomic mass is 10.3. The second-order valence-corrected chi connectivity index (χ2v) is 3.16. The van der Waals surface area contributed by atoms with Crippen molar-refractivity contribution in [3.05, 3.63) is 42.5 Å². The molecule has 15 heavy (non-hydrogen) atoms. The maximum absolute atomic E-state index is 13.1. The van der Waals surface area contributed by atoms with Crippen molar-refractivity contribution in [2.24, 2.45) is 0 Å². The van der Waals surface area contributed by atoms with E-state index >= 15 is 0 Å². The van der Waals surface area contributed by atoms with Gasteiger partial charge in [-0.2, -0.15) is 0 Å². The quantitative estimate of drug-likeness (QED) is 0.613. The fourth-order valence-corrected chi connectivity index (χ4v) is 1.12. The van der Waals surface area contributed by atoms with E-state index in [4.69, 9.17) is 12.2 Å². The lowest BCUT2D eigenvalue weighted by Gasteiger charge is -2.09. The predicted molar refractivity (Wildman–Crippen MR) is 60.8 cm³/mol. The summed E-state index contributed by atoms with van der Waals surface area (Å²) in [5, 5.41) is 5.51. The highest BCUT2D eigenvalue weighted by Crippen LogP contribution is 2.14. The van der Waals surface area contributed by atoms with Crippen LogP contribution in [0.3, 0.4) is 0 Å². The van der Waals surface area contributed by atoms with Gasteiger partial charge in [0.2, 0.25) is 0 Å². The Morgan fingerprint density at radius 2 is 2.20 bits per heavy atom. The van der Waals surface area contributed by atoms with E-state index in [1.807, 2.05) is 0 Å². The average Bonchev–Trinajstić information content (AvgIpc) is 2.20. The summed E-state index contributed by atoms with van der Waals surface area (Å²) in [5.74, 6) is -1.08. The van der Waals surface area contributed by atoms with Crippen LogP contribution >= 0.6 is 12.2 Å². The van der Waals surface area contributed by atoms with E-state index in [0.29, 0.717) is 6.54 Å². The number of benzene rings is 1. The standard InChI is InChI=1S/C10H10F2N2S/c1-2-5-13-10(15)14-9-6-7(11)3-4-8(9)12/h2-4,6H,1,5H2,(H2,13,14,15). The largest absolute Gasteiger partial charge is 0.359 e. The molecule has 2 N–H and O–H groups in total. The Bertz CT molecular complexity index is 380. The molecular weight excluding hydrogens is 218 g/mol. The van der Waals surface area contributed by atoms with E-state index in [0.717, 1.165) is 18.2 Å². The van der Waals surface area contributed by atoms with Crippen LogP contribution in [0, 0.1) is 11.6 Å². The van der Waals surface area contributed by atoms with Crippen molar-refractivity contribution in [3.8, 4) is 0 Å². The molecule has 0 saturated heterocycles. The summed E-state index contributed by atoms with van der Waals surface area (Å²) in [5.41, 5.74) is 0.0107. The zero-order valence-corrected chi connectivity index (χ0v) is 8.70. The van der Waals surface area contributed by atoms with Crippen LogP contribution in [0.5, 0.6) is 0 Å². The molecule has 1 rings (SSSR count). The van der Waals surface area contributed by atoms with E-state index in [2.05, 4.69) is 17.2 Å². The molecular formula is C10H10F2N2S. The number of hydrogen-bond donors (Lipinski definition) is 2. The number of rotatable bonds is 3. The van der Waals surface area contributed by atoms with E-state index in [-0.39, 0.29) is 10.8 Å². The molecule has 0 heterocycles. The first-order chi connectivity index (χ1) is 7.13. The smallest absolute Gasteiger partial charge is 0.171 e. The van der Waals surface area contributed by atoms with Gasteiger partial charge in [-0.05, 0) is 24.4 Å². The van der Waals surface area contributed by atoms with Gasteiger partial charge in [0.25, 0.3) is 0 Å². The van der Waals surface area contributed by atoms with Crippen molar-refractivity contribution in [2.75, 3.05) is 11.9 Å². The first-order valence-corrected chi connectivity index (χ1v) is 4.65. The molecule has 0 aliphatic heterocycles. The Hall–Kier alpha value is -1.49. The van der Waals surface area contributed by atoms with Gasteiger partial charge < -0.3 is 10.6 Å². The predicted octanol–water partition coefficient (Wildman–Crippen LogP) is 2.44. The Morgan fingerprint density at radius 3 is 2.87 bits per heavy atom. The Kier molecular flexibility index (Phi) is 4.17. The van der Waals surface area contributed by atoms with Gasteiger partial charge in [0.1, 0.15) is 11.6 Å². The number of hydrogen-bond acceptors (Lipinski definition) is 1. The molecule has 0 bridgehead atoms. The number of halogens is 2. The minimum atomic E-state index is -0.556. The van der Waals surface area contributed by atoms with Crippen molar-refractivity contribution in [1.29, 1.82) is 0 Å². The van der Waals surface area contributed by atoms with Crippen LogP contribution < -0.4 is 10.6 Å². The molecule has 0 aliphatic rings. The fraction of sp³-hybridized carbons (Fsp3) is 0.100. The highest BCUT2D eigenvalue weighted by atomic mass is 32.1. The first kappa shape index (κ1) is 11.6. The maximum atomic E-state index is 13.1. The number of nitrogens with one attached hydrogen (secondary N) is 2. The number of anilines is 1. The Balaban J connectivity index is 2.67. The third-order valence-electron chi connectivity index (χ3n) is 1.58. The van der Waals surface area contributed by atoms with Crippen molar-refractivity contribution in [3.63, 3.8) is 0 Å². The molecule has 0 spiro atoms. The molecule has 0 saturated carbocycles. The highest BCUT2D eigenvalue weighted by molar-refractivity contribution is 7.80. The van der Waals surface area contributed by atoms with Gasteiger partial charge in [0, 0.05) is 12.6 Å². The van der Waals surface area contributed by atoms with Crippen molar-refractivity contribution >= 4 is 23.0 Å². The van der Waals surface area contributed by atoms with Crippen LogP contribution in [0.2, 0.25) is 0 Å². The molecule has 1 aromatic rings. The second kappa shape index (κ2) is 5.41.